The van der Waals surface area contributed by atoms with E-state index in [2.05, 4.69) is 0 Å². The van der Waals surface area contributed by atoms with E-state index in [9.17, 15) is 18.0 Å². The van der Waals surface area contributed by atoms with E-state index in [1.165, 1.54) is 0 Å². The minimum atomic E-state index is -4.44. The average molecular weight is 302 g/mol. The third kappa shape index (κ3) is 5.75. The van der Waals surface area contributed by atoms with Gasteiger partial charge in [0.1, 0.15) is 6.54 Å². The van der Waals surface area contributed by atoms with Gasteiger partial charge in [-0.05, 0) is 11.5 Å². The summed E-state index contributed by atoms with van der Waals surface area (Å²) in [5.74, 6) is -0.825. The molecule has 0 aliphatic carbocycles. The van der Waals surface area contributed by atoms with Gasteiger partial charge in [-0.15, -0.1) is 0 Å². The summed E-state index contributed by atoms with van der Waals surface area (Å²) in [6.45, 7) is 2.23. The molecule has 1 rings (SSSR count). The van der Waals surface area contributed by atoms with Gasteiger partial charge >= 0.3 is 6.18 Å². The van der Waals surface area contributed by atoms with Crippen LogP contribution in [0.25, 0.3) is 0 Å². The maximum absolute atomic E-state index is 12.7. The van der Waals surface area contributed by atoms with Crippen LogP contribution in [0.1, 0.15) is 25.8 Å². The van der Waals surface area contributed by atoms with Crippen LogP contribution in [0.4, 0.5) is 13.2 Å². The van der Waals surface area contributed by atoms with Gasteiger partial charge in [-0.25, -0.2) is 0 Å². The van der Waals surface area contributed by atoms with Crippen LogP contribution in [-0.4, -0.2) is 29.6 Å². The number of halogens is 3. The maximum atomic E-state index is 12.7. The number of hydrogen-bond donors (Lipinski definition) is 1. The molecule has 0 spiro atoms. The molecule has 0 saturated carbocycles. The molecule has 1 aromatic rings. The number of rotatable bonds is 6. The number of nitrogens with two attached hydrogens (primary N) is 1. The van der Waals surface area contributed by atoms with Crippen molar-refractivity contribution in [2.24, 2.45) is 11.7 Å². The third-order valence-corrected chi connectivity index (χ3v) is 3.44. The summed E-state index contributed by atoms with van der Waals surface area (Å²) >= 11 is 0. The molecule has 0 aliphatic rings. The van der Waals surface area contributed by atoms with Crippen LogP contribution in [0.5, 0.6) is 0 Å². The van der Waals surface area contributed by atoms with Crippen molar-refractivity contribution in [3.05, 3.63) is 35.9 Å². The van der Waals surface area contributed by atoms with Gasteiger partial charge in [0.15, 0.2) is 0 Å². The predicted molar refractivity (Wildman–Crippen MR) is 75.3 cm³/mol. The molecule has 2 unspecified atom stereocenters. The number of nitrogens with zero attached hydrogens (tertiary/aromatic N) is 1. The minimum absolute atomic E-state index is 0.0939. The standard InChI is InChI=1S/C15H21F3N2O/c1-3-11(2)13(19)14(21)20(10-15(16,17)18)9-12-7-5-4-6-8-12/h4-8,11,13H,3,9-10,19H2,1-2H3. The molecular formula is C15H21F3N2O. The number of carbonyl (C=O) groups is 1. The molecule has 118 valence electrons. The normalized spacial score (nSPS) is 14.6. The van der Waals surface area contributed by atoms with Gasteiger partial charge in [0.05, 0.1) is 6.04 Å². The summed E-state index contributed by atoms with van der Waals surface area (Å²) in [6.07, 6.45) is -3.81. The monoisotopic (exact) mass is 302 g/mol. The zero-order chi connectivity index (χ0) is 16.0. The molecule has 2 N–H and O–H groups in total. The van der Waals surface area contributed by atoms with Crippen molar-refractivity contribution < 1.29 is 18.0 Å². The Balaban J connectivity index is 2.89. The Morgan fingerprint density at radius 2 is 1.86 bits per heavy atom. The highest BCUT2D eigenvalue weighted by Crippen LogP contribution is 2.20. The topological polar surface area (TPSA) is 46.3 Å². The summed E-state index contributed by atoms with van der Waals surface area (Å²) in [6, 6.07) is 7.67. The van der Waals surface area contributed by atoms with Crippen LogP contribution >= 0.6 is 0 Å². The van der Waals surface area contributed by atoms with Crippen molar-refractivity contribution in [3.8, 4) is 0 Å². The molecule has 1 amide bonds. The van der Waals surface area contributed by atoms with E-state index in [-0.39, 0.29) is 12.5 Å². The van der Waals surface area contributed by atoms with Crippen LogP contribution in [0.2, 0.25) is 0 Å². The van der Waals surface area contributed by atoms with Crippen molar-refractivity contribution in [3.63, 3.8) is 0 Å². The SMILES string of the molecule is CCC(C)C(N)C(=O)N(Cc1ccccc1)CC(F)(F)F. The van der Waals surface area contributed by atoms with Crippen LogP contribution in [0, 0.1) is 5.92 Å². The van der Waals surface area contributed by atoms with Crippen molar-refractivity contribution in [1.82, 2.24) is 4.90 Å². The Bertz CT molecular complexity index is 448. The molecular weight excluding hydrogens is 281 g/mol. The number of alkyl halides is 3. The minimum Gasteiger partial charge on any atom is -0.328 e. The highest BCUT2D eigenvalue weighted by Gasteiger charge is 2.35. The Hall–Kier alpha value is -1.56. The average Bonchev–Trinajstić information content (AvgIpc) is 2.43. The number of carbonyl (C=O) groups excluding carboxylic acids is 1. The molecule has 0 radical (unpaired) electrons. The predicted octanol–water partition coefficient (Wildman–Crippen LogP) is 2.95. The van der Waals surface area contributed by atoms with Crippen molar-refractivity contribution in [2.75, 3.05) is 6.54 Å². The summed E-state index contributed by atoms with van der Waals surface area (Å²) in [4.78, 5) is 13.0. The van der Waals surface area contributed by atoms with Crippen LogP contribution in [0.15, 0.2) is 30.3 Å². The van der Waals surface area contributed by atoms with Gasteiger partial charge in [-0.3, -0.25) is 4.79 Å². The molecule has 0 bridgehead atoms. The fraction of sp³-hybridized carbons (Fsp3) is 0.533. The first-order chi connectivity index (χ1) is 9.74. The Labute approximate surface area is 122 Å². The summed E-state index contributed by atoms with van der Waals surface area (Å²) in [5.41, 5.74) is 6.43. The summed E-state index contributed by atoms with van der Waals surface area (Å²) in [5, 5.41) is 0. The lowest BCUT2D eigenvalue weighted by Crippen LogP contribution is -2.49. The molecule has 0 fully saturated rings. The lowest BCUT2D eigenvalue weighted by molar-refractivity contribution is -0.163. The Kier molecular flexibility index (Phi) is 6.20. The number of amides is 1. The molecule has 6 heteroatoms. The van der Waals surface area contributed by atoms with Gasteiger partial charge in [-0.2, -0.15) is 13.2 Å². The second-order valence-electron chi connectivity index (χ2n) is 5.21. The summed E-state index contributed by atoms with van der Waals surface area (Å²) in [7, 11) is 0. The summed E-state index contributed by atoms with van der Waals surface area (Å²) < 4.78 is 38.0. The Morgan fingerprint density at radius 1 is 1.29 bits per heavy atom. The zero-order valence-electron chi connectivity index (χ0n) is 12.2. The number of benzene rings is 1. The first-order valence-electron chi connectivity index (χ1n) is 6.89. The lowest BCUT2D eigenvalue weighted by atomic mass is 9.98. The van der Waals surface area contributed by atoms with Gasteiger partial charge in [0, 0.05) is 6.54 Å². The molecule has 1 aromatic carbocycles. The molecule has 3 nitrogen and oxygen atoms in total. The maximum Gasteiger partial charge on any atom is 0.406 e. The van der Waals surface area contributed by atoms with Gasteiger partial charge in [0.2, 0.25) is 5.91 Å². The molecule has 0 aromatic heterocycles. The van der Waals surface area contributed by atoms with E-state index < -0.39 is 24.7 Å². The zero-order valence-corrected chi connectivity index (χ0v) is 12.2. The molecule has 0 heterocycles. The second kappa shape index (κ2) is 7.45. The van der Waals surface area contributed by atoms with E-state index in [1.807, 2.05) is 6.92 Å². The smallest absolute Gasteiger partial charge is 0.328 e. The lowest BCUT2D eigenvalue weighted by Gasteiger charge is -2.29. The quantitative estimate of drug-likeness (QED) is 0.878. The van der Waals surface area contributed by atoms with E-state index in [0.29, 0.717) is 12.0 Å². The van der Waals surface area contributed by atoms with Crippen molar-refractivity contribution in [2.45, 2.75) is 39.0 Å². The van der Waals surface area contributed by atoms with Crippen LogP contribution in [-0.2, 0) is 11.3 Å². The van der Waals surface area contributed by atoms with Gasteiger partial charge < -0.3 is 10.6 Å². The first kappa shape index (κ1) is 17.5. The Morgan fingerprint density at radius 3 is 2.33 bits per heavy atom. The van der Waals surface area contributed by atoms with Crippen molar-refractivity contribution >= 4 is 5.91 Å². The van der Waals surface area contributed by atoms with E-state index in [1.54, 1.807) is 37.3 Å². The fourth-order valence-electron chi connectivity index (χ4n) is 1.94. The van der Waals surface area contributed by atoms with Gasteiger partial charge in [-0.1, -0.05) is 50.6 Å². The molecule has 0 saturated heterocycles. The highest BCUT2D eigenvalue weighted by molar-refractivity contribution is 5.82. The van der Waals surface area contributed by atoms with Gasteiger partial charge in [0.25, 0.3) is 0 Å². The second-order valence-corrected chi connectivity index (χ2v) is 5.21. The van der Waals surface area contributed by atoms with E-state index in [4.69, 9.17) is 5.73 Å². The number of hydrogen-bond acceptors (Lipinski definition) is 2. The molecule has 0 aliphatic heterocycles. The fourth-order valence-corrected chi connectivity index (χ4v) is 1.94. The third-order valence-electron chi connectivity index (χ3n) is 3.44. The van der Waals surface area contributed by atoms with Crippen LogP contribution < -0.4 is 5.73 Å². The first-order valence-corrected chi connectivity index (χ1v) is 6.89. The highest BCUT2D eigenvalue weighted by atomic mass is 19.4. The van der Waals surface area contributed by atoms with E-state index in [0.717, 1.165) is 4.90 Å². The largest absolute Gasteiger partial charge is 0.406 e. The molecule has 21 heavy (non-hydrogen) atoms. The van der Waals surface area contributed by atoms with E-state index >= 15 is 0 Å². The molecule has 2 atom stereocenters. The van der Waals surface area contributed by atoms with Crippen molar-refractivity contribution in [1.29, 1.82) is 0 Å². The van der Waals surface area contributed by atoms with Crippen LogP contribution in [0.3, 0.4) is 0 Å².